The number of nitrogens with one attached hydrogen (secondary N) is 1. The molecule has 7 heteroatoms. The summed E-state index contributed by atoms with van der Waals surface area (Å²) in [5, 5.41) is 12.2. The fourth-order valence-electron chi connectivity index (χ4n) is 5.11. The molecular weight excluding hydrogens is 362 g/mol. The molecule has 3 heterocycles. The summed E-state index contributed by atoms with van der Waals surface area (Å²) in [5.41, 5.74) is 0. The lowest BCUT2D eigenvalue weighted by molar-refractivity contribution is -0.136. The van der Waals surface area contributed by atoms with Gasteiger partial charge in [0.2, 0.25) is 5.91 Å². The second-order valence-electron chi connectivity index (χ2n) is 8.54. The Bertz CT molecular complexity index is 620. The van der Waals surface area contributed by atoms with E-state index >= 15 is 0 Å². The molecule has 152 valence electrons. The predicted octanol–water partition coefficient (Wildman–Crippen LogP) is 3.12. The zero-order chi connectivity index (χ0) is 17.9. The molecule has 1 aromatic heterocycles. The average molecular weight is 396 g/mol. The maximum atomic E-state index is 12.9. The van der Waals surface area contributed by atoms with E-state index in [-0.39, 0.29) is 18.3 Å². The first-order valence-electron chi connectivity index (χ1n) is 10.6. The minimum Gasteiger partial charge on any atom is -0.342 e. The largest absolute Gasteiger partial charge is 0.342 e. The van der Waals surface area contributed by atoms with Gasteiger partial charge in [-0.3, -0.25) is 4.79 Å². The topological polar surface area (TPSA) is 63.1 Å². The van der Waals surface area contributed by atoms with Gasteiger partial charge in [-0.15, -0.1) is 22.6 Å². The number of carbonyl (C=O) groups excluding carboxylic acids is 1. The van der Waals surface area contributed by atoms with Crippen molar-refractivity contribution in [3.63, 3.8) is 0 Å². The van der Waals surface area contributed by atoms with Crippen LogP contribution in [0.5, 0.6) is 0 Å². The van der Waals surface area contributed by atoms with Gasteiger partial charge in [-0.1, -0.05) is 39.0 Å². The summed E-state index contributed by atoms with van der Waals surface area (Å²) in [6.45, 7) is 6.68. The summed E-state index contributed by atoms with van der Waals surface area (Å²) in [4.78, 5) is 15.0. The molecule has 1 saturated heterocycles. The quantitative estimate of drug-likeness (QED) is 0.850. The molecule has 2 fully saturated rings. The van der Waals surface area contributed by atoms with Crippen LogP contribution < -0.4 is 5.32 Å². The van der Waals surface area contributed by atoms with Gasteiger partial charge in [-0.25, -0.2) is 0 Å². The van der Waals surface area contributed by atoms with Crippen molar-refractivity contribution in [3.05, 3.63) is 11.6 Å². The van der Waals surface area contributed by atoms with Gasteiger partial charge in [-0.05, 0) is 25.2 Å². The van der Waals surface area contributed by atoms with Crippen LogP contribution in [-0.2, 0) is 17.9 Å². The molecule has 1 N–H and O–H groups in total. The highest BCUT2D eigenvalue weighted by molar-refractivity contribution is 5.85. The summed E-state index contributed by atoms with van der Waals surface area (Å²) < 4.78 is 2.30. The molecule has 3 aliphatic rings. The number of fused-ring (bicyclic) bond motifs is 1. The van der Waals surface area contributed by atoms with Crippen LogP contribution >= 0.6 is 12.4 Å². The molecule has 1 atom stereocenters. The summed E-state index contributed by atoms with van der Waals surface area (Å²) >= 11 is 0. The maximum Gasteiger partial charge on any atom is 0.225 e. The lowest BCUT2D eigenvalue weighted by Crippen LogP contribution is -2.41. The molecule has 0 radical (unpaired) electrons. The monoisotopic (exact) mass is 395 g/mol. The first-order chi connectivity index (χ1) is 12.7. The normalized spacial score (nSPS) is 22.8. The Balaban J connectivity index is 0.00000210. The number of rotatable bonds is 4. The van der Waals surface area contributed by atoms with Gasteiger partial charge in [-0.2, -0.15) is 0 Å². The summed E-state index contributed by atoms with van der Waals surface area (Å²) in [6, 6.07) is 0. The van der Waals surface area contributed by atoms with Crippen LogP contribution in [0, 0.1) is 11.8 Å². The van der Waals surface area contributed by atoms with E-state index in [1.807, 2.05) is 0 Å². The maximum absolute atomic E-state index is 12.9. The molecule has 4 rings (SSSR count). The number of halogens is 1. The predicted molar refractivity (Wildman–Crippen MR) is 108 cm³/mol. The molecule has 1 aliphatic carbocycles. The molecule has 1 unspecified atom stereocenters. The third-order valence-electron chi connectivity index (χ3n) is 6.66. The van der Waals surface area contributed by atoms with Crippen LogP contribution in [0.3, 0.4) is 0 Å². The first-order valence-corrected chi connectivity index (χ1v) is 10.6. The fraction of sp³-hybridized carbons (Fsp3) is 0.850. The molecule has 1 amide bonds. The highest BCUT2D eigenvalue weighted by Crippen LogP contribution is 2.32. The van der Waals surface area contributed by atoms with Gasteiger partial charge >= 0.3 is 0 Å². The van der Waals surface area contributed by atoms with Crippen LogP contribution in [0.4, 0.5) is 0 Å². The fourth-order valence-corrected chi connectivity index (χ4v) is 5.11. The number of nitrogens with zero attached hydrogens (tertiary/aromatic N) is 4. The molecule has 1 saturated carbocycles. The van der Waals surface area contributed by atoms with Gasteiger partial charge < -0.3 is 14.8 Å². The molecule has 0 aromatic carbocycles. The van der Waals surface area contributed by atoms with E-state index < -0.39 is 0 Å². The van der Waals surface area contributed by atoms with Crippen molar-refractivity contribution in [2.24, 2.45) is 11.8 Å². The van der Waals surface area contributed by atoms with Gasteiger partial charge in [0.1, 0.15) is 11.6 Å². The third-order valence-corrected chi connectivity index (χ3v) is 6.66. The molecule has 0 bridgehead atoms. The number of carbonyl (C=O) groups is 1. The van der Waals surface area contributed by atoms with Crippen LogP contribution in [0.15, 0.2) is 0 Å². The smallest absolute Gasteiger partial charge is 0.225 e. The van der Waals surface area contributed by atoms with E-state index in [1.165, 1.54) is 32.1 Å². The molecule has 1 aromatic rings. The number of aromatic nitrogens is 3. The number of amides is 1. The van der Waals surface area contributed by atoms with Gasteiger partial charge in [0, 0.05) is 38.0 Å². The number of hydrogen-bond donors (Lipinski definition) is 1. The molecule has 6 nitrogen and oxygen atoms in total. The summed E-state index contributed by atoms with van der Waals surface area (Å²) in [5.74, 6) is 3.99. The van der Waals surface area contributed by atoms with Crippen molar-refractivity contribution in [2.75, 3.05) is 19.6 Å². The Hall–Kier alpha value is -1.14. The van der Waals surface area contributed by atoms with Crippen molar-refractivity contribution in [1.29, 1.82) is 0 Å². The van der Waals surface area contributed by atoms with E-state index in [0.29, 0.717) is 11.8 Å². The molecule has 0 spiro atoms. The van der Waals surface area contributed by atoms with E-state index in [0.717, 1.165) is 69.6 Å². The Morgan fingerprint density at radius 2 is 1.85 bits per heavy atom. The van der Waals surface area contributed by atoms with Gasteiger partial charge in [0.05, 0.1) is 6.54 Å². The second kappa shape index (κ2) is 9.37. The molecule has 2 aliphatic heterocycles. The Morgan fingerprint density at radius 1 is 1.11 bits per heavy atom. The average Bonchev–Trinajstić information content (AvgIpc) is 3.12. The van der Waals surface area contributed by atoms with Crippen molar-refractivity contribution in [2.45, 2.75) is 77.3 Å². The van der Waals surface area contributed by atoms with E-state index in [2.05, 4.69) is 31.9 Å². The third kappa shape index (κ3) is 4.65. The minimum absolute atomic E-state index is 0. The highest BCUT2D eigenvalue weighted by Gasteiger charge is 2.31. The van der Waals surface area contributed by atoms with E-state index in [1.54, 1.807) is 0 Å². The lowest BCUT2D eigenvalue weighted by Gasteiger charge is -2.34. The zero-order valence-corrected chi connectivity index (χ0v) is 17.3. The van der Waals surface area contributed by atoms with Crippen molar-refractivity contribution >= 4 is 18.3 Å². The van der Waals surface area contributed by atoms with Crippen LogP contribution in [0.1, 0.15) is 75.9 Å². The first kappa shape index (κ1) is 20.6. The highest BCUT2D eigenvalue weighted by atomic mass is 35.5. The molecule has 27 heavy (non-hydrogen) atoms. The summed E-state index contributed by atoms with van der Waals surface area (Å²) in [6.07, 6.45) is 9.88. The second-order valence-corrected chi connectivity index (χ2v) is 8.54. The SMILES string of the molecule is CC(CC1CCCCC1)C(=O)N1CCC(c2nnc3n2CCNC3)CC1.Cl. The lowest BCUT2D eigenvalue weighted by atomic mass is 9.82. The molecular formula is C20H34ClN5O. The Labute approximate surface area is 168 Å². The van der Waals surface area contributed by atoms with Crippen molar-refractivity contribution in [3.8, 4) is 0 Å². The number of piperidine rings is 1. The Kier molecular flexibility index (Phi) is 7.15. The summed E-state index contributed by atoms with van der Waals surface area (Å²) in [7, 11) is 0. The van der Waals surface area contributed by atoms with Crippen LogP contribution in [0.25, 0.3) is 0 Å². The van der Waals surface area contributed by atoms with Crippen LogP contribution in [-0.4, -0.2) is 45.2 Å². The standard InChI is InChI=1S/C20H33N5O.ClH/c1-15(13-16-5-3-2-4-6-16)20(26)24-10-7-17(8-11-24)19-23-22-18-14-21-9-12-25(18)19;/h15-17,21H,2-14H2,1H3;1H. The van der Waals surface area contributed by atoms with E-state index in [4.69, 9.17) is 0 Å². The number of hydrogen-bond acceptors (Lipinski definition) is 4. The van der Waals surface area contributed by atoms with Crippen LogP contribution in [0.2, 0.25) is 0 Å². The zero-order valence-electron chi connectivity index (χ0n) is 16.5. The minimum atomic E-state index is 0. The van der Waals surface area contributed by atoms with Gasteiger partial charge in [0.25, 0.3) is 0 Å². The van der Waals surface area contributed by atoms with Gasteiger partial charge in [0.15, 0.2) is 0 Å². The van der Waals surface area contributed by atoms with E-state index in [9.17, 15) is 4.79 Å². The number of likely N-dealkylation sites (tertiary alicyclic amines) is 1. The Morgan fingerprint density at radius 3 is 2.59 bits per heavy atom. The van der Waals surface area contributed by atoms with Crippen molar-refractivity contribution < 1.29 is 4.79 Å². The van der Waals surface area contributed by atoms with Crippen molar-refractivity contribution in [1.82, 2.24) is 25.0 Å².